The van der Waals surface area contributed by atoms with E-state index in [1.165, 1.54) is 0 Å². The number of imidazole rings is 1. The number of fused-ring (bicyclic) bond motifs is 1. The minimum atomic E-state index is -3.46. The van der Waals surface area contributed by atoms with Crippen LogP contribution in [-0.4, -0.2) is 59.1 Å². The summed E-state index contributed by atoms with van der Waals surface area (Å²) in [6.07, 6.45) is 0. The molecule has 1 saturated heterocycles. The summed E-state index contributed by atoms with van der Waals surface area (Å²) in [6.45, 7) is 11.5. The Morgan fingerprint density at radius 1 is 1.00 bits per heavy atom. The van der Waals surface area contributed by atoms with Gasteiger partial charge in [-0.15, -0.1) is 0 Å². The summed E-state index contributed by atoms with van der Waals surface area (Å²) in [5.41, 5.74) is 4.24. The third kappa shape index (κ3) is 4.88. The lowest BCUT2D eigenvalue weighted by molar-refractivity contribution is 0.150. The van der Waals surface area contributed by atoms with Crippen molar-refractivity contribution in [2.75, 3.05) is 31.9 Å². The second-order valence-electron chi connectivity index (χ2n) is 8.93. The fourth-order valence-corrected chi connectivity index (χ4v) is 6.34. The van der Waals surface area contributed by atoms with Crippen LogP contribution in [-0.2, 0) is 16.7 Å². The highest BCUT2D eigenvalue weighted by Crippen LogP contribution is 2.27. The Balaban J connectivity index is 1.48. The standard InChI is InChI=1S/C24H32N4O2S2/c1-18(2)16-31-24-25-22-7-5-6-8-23(22)28(24)17-26-11-13-27(14-12-26)32(29,30)21-10-9-19(3)20(4)15-21/h5-10,15,18H,11-14,16-17H2,1-4H3. The van der Waals surface area contributed by atoms with Crippen LogP contribution in [0.25, 0.3) is 11.0 Å². The second kappa shape index (κ2) is 9.55. The summed E-state index contributed by atoms with van der Waals surface area (Å²) in [5.74, 6) is 1.61. The smallest absolute Gasteiger partial charge is 0.243 e. The zero-order valence-corrected chi connectivity index (χ0v) is 20.9. The molecular formula is C24H32N4O2S2. The predicted octanol–water partition coefficient (Wildman–Crippen LogP) is 4.37. The van der Waals surface area contributed by atoms with Gasteiger partial charge >= 0.3 is 0 Å². The molecule has 0 atom stereocenters. The first-order valence-electron chi connectivity index (χ1n) is 11.1. The monoisotopic (exact) mass is 472 g/mol. The number of aromatic nitrogens is 2. The van der Waals surface area contributed by atoms with Crippen LogP contribution >= 0.6 is 11.8 Å². The van der Waals surface area contributed by atoms with Crippen LogP contribution < -0.4 is 0 Å². The van der Waals surface area contributed by atoms with Crippen LogP contribution in [0.4, 0.5) is 0 Å². The number of nitrogens with zero attached hydrogens (tertiary/aromatic N) is 4. The zero-order valence-electron chi connectivity index (χ0n) is 19.3. The number of thioether (sulfide) groups is 1. The Morgan fingerprint density at radius 3 is 2.41 bits per heavy atom. The normalized spacial score (nSPS) is 16.3. The highest BCUT2D eigenvalue weighted by Gasteiger charge is 2.29. The molecule has 3 aromatic rings. The van der Waals surface area contributed by atoms with Crippen LogP contribution in [0.15, 0.2) is 52.5 Å². The maximum atomic E-state index is 13.1. The van der Waals surface area contributed by atoms with Gasteiger partial charge in [0.05, 0.1) is 22.6 Å². The van der Waals surface area contributed by atoms with E-state index in [1.54, 1.807) is 28.2 Å². The first-order valence-corrected chi connectivity index (χ1v) is 13.6. The van der Waals surface area contributed by atoms with E-state index in [2.05, 4.69) is 35.4 Å². The molecule has 0 bridgehead atoms. The van der Waals surface area contributed by atoms with E-state index in [4.69, 9.17) is 4.98 Å². The Morgan fingerprint density at radius 2 is 1.72 bits per heavy atom. The minimum Gasteiger partial charge on any atom is -0.305 e. The molecule has 0 saturated carbocycles. The average molecular weight is 473 g/mol. The van der Waals surface area contributed by atoms with Gasteiger partial charge in [-0.25, -0.2) is 13.4 Å². The van der Waals surface area contributed by atoms with E-state index >= 15 is 0 Å². The minimum absolute atomic E-state index is 0.391. The molecule has 1 aliphatic heterocycles. The number of benzene rings is 2. The Bertz CT molecular complexity index is 1200. The number of para-hydroxylation sites is 2. The molecule has 0 spiro atoms. The summed E-state index contributed by atoms with van der Waals surface area (Å²) >= 11 is 1.79. The van der Waals surface area contributed by atoms with Gasteiger partial charge in [0.25, 0.3) is 0 Å². The first kappa shape index (κ1) is 23.3. The van der Waals surface area contributed by atoms with E-state index in [0.29, 0.717) is 37.0 Å². The van der Waals surface area contributed by atoms with Crippen LogP contribution in [0.5, 0.6) is 0 Å². The number of hydrogen-bond acceptors (Lipinski definition) is 5. The number of sulfonamides is 1. The first-order chi connectivity index (χ1) is 15.3. The number of hydrogen-bond donors (Lipinski definition) is 0. The molecule has 1 fully saturated rings. The average Bonchev–Trinajstić information content (AvgIpc) is 3.12. The van der Waals surface area contributed by atoms with Crippen molar-refractivity contribution < 1.29 is 8.42 Å². The second-order valence-corrected chi connectivity index (χ2v) is 11.9. The van der Waals surface area contributed by atoms with Gasteiger partial charge in [0.15, 0.2) is 5.16 Å². The van der Waals surface area contributed by atoms with Crippen LogP contribution in [0.1, 0.15) is 25.0 Å². The van der Waals surface area contributed by atoms with E-state index < -0.39 is 10.0 Å². The van der Waals surface area contributed by atoms with E-state index in [0.717, 1.165) is 39.7 Å². The third-order valence-corrected chi connectivity index (χ3v) is 9.25. The van der Waals surface area contributed by atoms with E-state index in [9.17, 15) is 8.42 Å². The quantitative estimate of drug-likeness (QED) is 0.478. The summed E-state index contributed by atoms with van der Waals surface area (Å²) in [6, 6.07) is 13.6. The molecule has 172 valence electrons. The van der Waals surface area contributed by atoms with Crippen LogP contribution in [0.3, 0.4) is 0 Å². The molecule has 0 radical (unpaired) electrons. The lowest BCUT2D eigenvalue weighted by Crippen LogP contribution is -2.48. The third-order valence-electron chi connectivity index (χ3n) is 5.95. The highest BCUT2D eigenvalue weighted by atomic mass is 32.2. The molecule has 0 N–H and O–H groups in total. The van der Waals surface area contributed by atoms with Crippen LogP contribution in [0, 0.1) is 19.8 Å². The summed E-state index contributed by atoms with van der Waals surface area (Å²) in [5, 5.41) is 1.03. The van der Waals surface area contributed by atoms with Crippen molar-refractivity contribution in [3.8, 4) is 0 Å². The van der Waals surface area contributed by atoms with Gasteiger partial charge in [-0.1, -0.05) is 43.8 Å². The van der Waals surface area contributed by atoms with Gasteiger partial charge in [0, 0.05) is 31.9 Å². The SMILES string of the molecule is Cc1ccc(S(=O)(=O)N2CCN(Cn3c(SCC(C)C)nc4ccccc43)CC2)cc1C. The number of piperazine rings is 1. The maximum absolute atomic E-state index is 13.1. The molecular weight excluding hydrogens is 440 g/mol. The molecule has 1 aliphatic rings. The fourth-order valence-electron chi connectivity index (χ4n) is 3.88. The summed E-state index contributed by atoms with van der Waals surface area (Å²) in [7, 11) is -3.46. The van der Waals surface area contributed by atoms with Crippen molar-refractivity contribution in [3.05, 3.63) is 53.6 Å². The van der Waals surface area contributed by atoms with Gasteiger partial charge in [-0.3, -0.25) is 4.90 Å². The molecule has 1 aromatic heterocycles. The number of rotatable bonds is 7. The largest absolute Gasteiger partial charge is 0.305 e. The summed E-state index contributed by atoms with van der Waals surface area (Å²) in [4.78, 5) is 7.56. The molecule has 6 nitrogen and oxygen atoms in total. The molecule has 0 aliphatic carbocycles. The van der Waals surface area contributed by atoms with Crippen molar-refractivity contribution in [3.63, 3.8) is 0 Å². The van der Waals surface area contributed by atoms with E-state index in [1.807, 2.05) is 32.0 Å². The van der Waals surface area contributed by atoms with Crippen molar-refractivity contribution in [2.24, 2.45) is 5.92 Å². The predicted molar refractivity (Wildman–Crippen MR) is 132 cm³/mol. The van der Waals surface area contributed by atoms with E-state index in [-0.39, 0.29) is 0 Å². The van der Waals surface area contributed by atoms with Crippen LogP contribution in [0.2, 0.25) is 0 Å². The molecule has 2 aromatic carbocycles. The lowest BCUT2D eigenvalue weighted by atomic mass is 10.1. The molecule has 0 unspecified atom stereocenters. The summed E-state index contributed by atoms with van der Waals surface area (Å²) < 4.78 is 30.2. The molecule has 2 heterocycles. The Kier molecular flexibility index (Phi) is 6.95. The van der Waals surface area contributed by atoms with Gasteiger partial charge in [0.1, 0.15) is 0 Å². The van der Waals surface area contributed by atoms with Crippen molar-refractivity contribution in [2.45, 2.75) is 44.4 Å². The zero-order chi connectivity index (χ0) is 22.9. The van der Waals surface area contributed by atoms with Crippen molar-refractivity contribution in [1.82, 2.24) is 18.8 Å². The number of aryl methyl sites for hydroxylation is 2. The highest BCUT2D eigenvalue weighted by molar-refractivity contribution is 7.99. The van der Waals surface area contributed by atoms with Crippen molar-refractivity contribution in [1.29, 1.82) is 0 Å². The lowest BCUT2D eigenvalue weighted by Gasteiger charge is -2.34. The fraction of sp³-hybridized carbons (Fsp3) is 0.458. The molecule has 0 amide bonds. The van der Waals surface area contributed by atoms with Gasteiger partial charge in [-0.2, -0.15) is 4.31 Å². The van der Waals surface area contributed by atoms with Gasteiger partial charge in [0.2, 0.25) is 10.0 Å². The Labute approximate surface area is 195 Å². The van der Waals surface area contributed by atoms with Gasteiger partial charge < -0.3 is 4.57 Å². The molecule has 4 rings (SSSR count). The Hall–Kier alpha value is -1.87. The van der Waals surface area contributed by atoms with Crippen molar-refractivity contribution >= 4 is 32.8 Å². The molecule has 32 heavy (non-hydrogen) atoms. The molecule has 8 heteroatoms. The maximum Gasteiger partial charge on any atom is 0.243 e. The van der Waals surface area contributed by atoms with Gasteiger partial charge in [-0.05, 0) is 55.2 Å². The topological polar surface area (TPSA) is 58.4 Å².